The number of amides is 3. The van der Waals surface area contributed by atoms with E-state index in [-0.39, 0.29) is 18.0 Å². The fraction of sp³-hybridized carbons (Fsp3) is 0.429. The lowest BCUT2D eigenvalue weighted by Crippen LogP contribution is -2.50. The van der Waals surface area contributed by atoms with Crippen LogP contribution >= 0.6 is 0 Å². The fourth-order valence-corrected chi connectivity index (χ4v) is 2.12. The van der Waals surface area contributed by atoms with Gasteiger partial charge in [0, 0.05) is 31.1 Å². The molecule has 6 nitrogen and oxygen atoms in total. The van der Waals surface area contributed by atoms with Crippen LogP contribution in [0.5, 0.6) is 5.75 Å². The monoisotopic (exact) mass is 277 g/mol. The first-order valence-corrected chi connectivity index (χ1v) is 6.62. The molecule has 1 aliphatic heterocycles. The Morgan fingerprint density at radius 1 is 1.45 bits per heavy atom. The van der Waals surface area contributed by atoms with Gasteiger partial charge < -0.3 is 20.7 Å². The number of ether oxygens (including phenoxy) is 1. The van der Waals surface area contributed by atoms with Crippen molar-refractivity contribution >= 4 is 11.9 Å². The van der Waals surface area contributed by atoms with Crippen molar-refractivity contribution in [2.45, 2.75) is 25.4 Å². The van der Waals surface area contributed by atoms with Crippen molar-refractivity contribution in [2.75, 3.05) is 13.7 Å². The van der Waals surface area contributed by atoms with Crippen LogP contribution in [0.15, 0.2) is 24.3 Å². The van der Waals surface area contributed by atoms with Gasteiger partial charge in [0.15, 0.2) is 0 Å². The smallest absolute Gasteiger partial charge is 0.315 e. The molecule has 0 aliphatic carbocycles. The molecule has 0 radical (unpaired) electrons. The molecule has 108 valence electrons. The Labute approximate surface area is 117 Å². The summed E-state index contributed by atoms with van der Waals surface area (Å²) in [5.74, 6) is 0.787. The van der Waals surface area contributed by atoms with Gasteiger partial charge in [-0.3, -0.25) is 4.79 Å². The minimum Gasteiger partial charge on any atom is -0.496 e. The van der Waals surface area contributed by atoms with Gasteiger partial charge in [-0.1, -0.05) is 18.2 Å². The van der Waals surface area contributed by atoms with Gasteiger partial charge in [0.05, 0.1) is 7.11 Å². The first kappa shape index (κ1) is 14.2. The lowest BCUT2D eigenvalue weighted by Gasteiger charge is -2.23. The molecule has 2 rings (SSSR count). The minimum absolute atomic E-state index is 0.00892. The average Bonchev–Trinajstić information content (AvgIpc) is 2.48. The standard InChI is InChI=1S/C14H19N3O3/c1-20-12-5-3-2-4-10(12)8-16-14(19)17-11-6-7-13(18)15-9-11/h2-5,11H,6-9H2,1H3,(H,15,18)(H2,16,17,19). The van der Waals surface area contributed by atoms with Gasteiger partial charge in [0.2, 0.25) is 5.91 Å². The molecule has 3 N–H and O–H groups in total. The Kier molecular flexibility index (Phi) is 4.81. The summed E-state index contributed by atoms with van der Waals surface area (Å²) in [6.45, 7) is 0.885. The highest BCUT2D eigenvalue weighted by Gasteiger charge is 2.19. The predicted molar refractivity (Wildman–Crippen MR) is 74.4 cm³/mol. The summed E-state index contributed by atoms with van der Waals surface area (Å²) in [7, 11) is 1.60. The van der Waals surface area contributed by atoms with Crippen molar-refractivity contribution in [3.8, 4) is 5.75 Å². The summed E-state index contributed by atoms with van der Waals surface area (Å²) in [5, 5.41) is 8.36. The van der Waals surface area contributed by atoms with Gasteiger partial charge in [-0.15, -0.1) is 0 Å². The van der Waals surface area contributed by atoms with Gasteiger partial charge in [0.1, 0.15) is 5.75 Å². The average molecular weight is 277 g/mol. The highest BCUT2D eigenvalue weighted by Crippen LogP contribution is 2.16. The van der Waals surface area contributed by atoms with E-state index in [0.717, 1.165) is 11.3 Å². The highest BCUT2D eigenvalue weighted by molar-refractivity contribution is 5.78. The number of benzene rings is 1. The fourth-order valence-electron chi connectivity index (χ4n) is 2.12. The van der Waals surface area contributed by atoms with Gasteiger partial charge in [-0.2, -0.15) is 0 Å². The van der Waals surface area contributed by atoms with Crippen LogP contribution < -0.4 is 20.7 Å². The Hall–Kier alpha value is -2.24. The van der Waals surface area contributed by atoms with Crippen LogP contribution in [0.4, 0.5) is 4.79 Å². The third-order valence-corrected chi connectivity index (χ3v) is 3.23. The number of urea groups is 1. The number of hydrogen-bond acceptors (Lipinski definition) is 3. The molecule has 20 heavy (non-hydrogen) atoms. The lowest BCUT2D eigenvalue weighted by molar-refractivity contribution is -0.122. The number of carbonyl (C=O) groups excluding carboxylic acids is 2. The first-order valence-electron chi connectivity index (χ1n) is 6.62. The lowest BCUT2D eigenvalue weighted by atomic mass is 10.1. The van der Waals surface area contributed by atoms with Crippen LogP contribution in [0.1, 0.15) is 18.4 Å². The van der Waals surface area contributed by atoms with E-state index in [4.69, 9.17) is 4.74 Å². The molecule has 1 saturated heterocycles. The van der Waals surface area contributed by atoms with Gasteiger partial charge in [-0.25, -0.2) is 4.79 Å². The Balaban J connectivity index is 1.79. The maximum atomic E-state index is 11.8. The SMILES string of the molecule is COc1ccccc1CNC(=O)NC1CCC(=O)NC1. The molecule has 1 aromatic rings. The van der Waals surface area contributed by atoms with Crippen LogP contribution in [0.3, 0.4) is 0 Å². The van der Waals surface area contributed by atoms with E-state index in [9.17, 15) is 9.59 Å². The third-order valence-electron chi connectivity index (χ3n) is 3.23. The van der Waals surface area contributed by atoms with Crippen molar-refractivity contribution in [1.82, 2.24) is 16.0 Å². The molecule has 3 amide bonds. The largest absolute Gasteiger partial charge is 0.496 e. The normalized spacial score (nSPS) is 18.1. The number of nitrogens with one attached hydrogen (secondary N) is 3. The first-order chi connectivity index (χ1) is 9.69. The molecular weight excluding hydrogens is 258 g/mol. The number of methoxy groups -OCH3 is 1. The number of hydrogen-bond donors (Lipinski definition) is 3. The zero-order chi connectivity index (χ0) is 14.4. The molecule has 1 heterocycles. The van der Waals surface area contributed by atoms with E-state index in [1.807, 2.05) is 24.3 Å². The minimum atomic E-state index is -0.239. The molecule has 1 aliphatic rings. The van der Waals surface area contributed by atoms with E-state index < -0.39 is 0 Å². The quantitative estimate of drug-likeness (QED) is 0.760. The van der Waals surface area contributed by atoms with Crippen molar-refractivity contribution in [1.29, 1.82) is 0 Å². The van der Waals surface area contributed by atoms with E-state index in [1.165, 1.54) is 0 Å². The highest BCUT2D eigenvalue weighted by atomic mass is 16.5. The molecule has 0 bridgehead atoms. The summed E-state index contributed by atoms with van der Waals surface area (Å²) in [6.07, 6.45) is 1.13. The van der Waals surface area contributed by atoms with Crippen LogP contribution in [-0.4, -0.2) is 31.6 Å². The molecular formula is C14H19N3O3. The van der Waals surface area contributed by atoms with E-state index in [2.05, 4.69) is 16.0 Å². The molecule has 1 unspecified atom stereocenters. The van der Waals surface area contributed by atoms with E-state index in [0.29, 0.717) is 25.9 Å². The Morgan fingerprint density at radius 3 is 2.95 bits per heavy atom. The van der Waals surface area contributed by atoms with Crippen LogP contribution in [0.2, 0.25) is 0 Å². The summed E-state index contributed by atoms with van der Waals surface area (Å²) >= 11 is 0. The van der Waals surface area contributed by atoms with E-state index in [1.54, 1.807) is 7.11 Å². The Morgan fingerprint density at radius 2 is 2.25 bits per heavy atom. The predicted octanol–water partition coefficient (Wildman–Crippen LogP) is 0.773. The molecule has 0 saturated carbocycles. The second-order valence-electron chi connectivity index (χ2n) is 4.68. The van der Waals surface area contributed by atoms with Crippen molar-refractivity contribution < 1.29 is 14.3 Å². The number of carbonyl (C=O) groups is 2. The van der Waals surface area contributed by atoms with Crippen LogP contribution in [0, 0.1) is 0 Å². The van der Waals surface area contributed by atoms with Gasteiger partial charge >= 0.3 is 6.03 Å². The molecule has 1 fully saturated rings. The van der Waals surface area contributed by atoms with Gasteiger partial charge in [-0.05, 0) is 12.5 Å². The molecule has 1 atom stereocenters. The molecule has 0 spiro atoms. The Bertz CT molecular complexity index is 480. The van der Waals surface area contributed by atoms with E-state index >= 15 is 0 Å². The molecule has 1 aromatic carbocycles. The zero-order valence-corrected chi connectivity index (χ0v) is 11.4. The van der Waals surface area contributed by atoms with Crippen LogP contribution in [0.25, 0.3) is 0 Å². The van der Waals surface area contributed by atoms with Crippen molar-refractivity contribution in [3.63, 3.8) is 0 Å². The number of para-hydroxylation sites is 1. The maximum absolute atomic E-state index is 11.8. The number of piperidine rings is 1. The maximum Gasteiger partial charge on any atom is 0.315 e. The second-order valence-corrected chi connectivity index (χ2v) is 4.68. The van der Waals surface area contributed by atoms with Crippen molar-refractivity contribution in [2.24, 2.45) is 0 Å². The number of rotatable bonds is 4. The molecule has 0 aromatic heterocycles. The summed E-state index contributed by atoms with van der Waals surface area (Å²) in [5.41, 5.74) is 0.919. The zero-order valence-electron chi connectivity index (χ0n) is 11.4. The topological polar surface area (TPSA) is 79.5 Å². The summed E-state index contributed by atoms with van der Waals surface area (Å²) in [4.78, 5) is 22.8. The molecule has 6 heteroatoms. The summed E-state index contributed by atoms with van der Waals surface area (Å²) in [6, 6.07) is 7.29. The van der Waals surface area contributed by atoms with Crippen LogP contribution in [-0.2, 0) is 11.3 Å². The van der Waals surface area contributed by atoms with Crippen molar-refractivity contribution in [3.05, 3.63) is 29.8 Å². The second kappa shape index (κ2) is 6.79. The van der Waals surface area contributed by atoms with Gasteiger partial charge in [0.25, 0.3) is 0 Å². The third kappa shape index (κ3) is 3.88. The summed E-state index contributed by atoms with van der Waals surface area (Å²) < 4.78 is 5.22.